The van der Waals surface area contributed by atoms with Gasteiger partial charge in [0.15, 0.2) is 0 Å². The molecule has 0 unspecified atom stereocenters. The molecule has 2 amide bonds. The van der Waals surface area contributed by atoms with Crippen molar-refractivity contribution in [3.8, 4) is 5.75 Å². The van der Waals surface area contributed by atoms with Gasteiger partial charge >= 0.3 is 0 Å². The molecule has 1 fully saturated rings. The molecule has 27 heavy (non-hydrogen) atoms. The minimum Gasteiger partial charge on any atom is -0.496 e. The number of amides is 2. The summed E-state index contributed by atoms with van der Waals surface area (Å²) in [6.07, 6.45) is 6.67. The van der Waals surface area contributed by atoms with E-state index >= 15 is 0 Å². The molecule has 2 N–H and O–H groups in total. The molecule has 0 aliphatic heterocycles. The van der Waals surface area contributed by atoms with Crippen molar-refractivity contribution in [2.75, 3.05) is 19.1 Å². The monoisotopic (exact) mass is 392 g/mol. The van der Waals surface area contributed by atoms with Gasteiger partial charge in [-0.15, -0.1) is 0 Å². The molecule has 1 aliphatic rings. The van der Waals surface area contributed by atoms with Crippen LogP contribution >= 0.6 is 11.8 Å². The minimum absolute atomic E-state index is 0.0282. The van der Waals surface area contributed by atoms with Crippen molar-refractivity contribution < 1.29 is 14.3 Å². The molecule has 0 bridgehead atoms. The third kappa shape index (κ3) is 6.76. The number of nitrogens with one attached hydrogen (secondary N) is 2. The molecule has 0 radical (unpaired) electrons. The zero-order valence-corrected chi connectivity index (χ0v) is 17.4. The Balaban J connectivity index is 1.93. The lowest BCUT2D eigenvalue weighted by Gasteiger charge is -2.27. The van der Waals surface area contributed by atoms with Crippen LogP contribution in [0.2, 0.25) is 0 Å². The molecule has 0 spiro atoms. The second-order valence-corrected chi connectivity index (χ2v) is 8.31. The molecule has 5 nitrogen and oxygen atoms in total. The number of rotatable bonds is 9. The summed E-state index contributed by atoms with van der Waals surface area (Å²) in [7, 11) is 1.62. The second-order valence-electron chi connectivity index (χ2n) is 7.33. The van der Waals surface area contributed by atoms with Crippen molar-refractivity contribution in [3.05, 3.63) is 29.8 Å². The van der Waals surface area contributed by atoms with Gasteiger partial charge in [0.25, 0.3) is 0 Å². The molecule has 0 aromatic heterocycles. The fraction of sp³-hybridized carbons (Fsp3) is 0.619. The van der Waals surface area contributed by atoms with E-state index in [1.165, 1.54) is 0 Å². The van der Waals surface area contributed by atoms with Gasteiger partial charge in [0.1, 0.15) is 11.8 Å². The third-order valence-corrected chi connectivity index (χ3v) is 5.92. The maximum Gasteiger partial charge on any atom is 0.242 e. The van der Waals surface area contributed by atoms with Crippen LogP contribution in [0.3, 0.4) is 0 Å². The van der Waals surface area contributed by atoms with Gasteiger partial charge in [-0.25, -0.2) is 0 Å². The summed E-state index contributed by atoms with van der Waals surface area (Å²) in [4.78, 5) is 25.4. The Hall–Kier alpha value is -1.69. The fourth-order valence-electron chi connectivity index (χ4n) is 3.47. The van der Waals surface area contributed by atoms with Gasteiger partial charge in [0.05, 0.1) is 7.11 Å². The fourth-order valence-corrected chi connectivity index (χ4v) is 3.94. The third-order valence-electron chi connectivity index (χ3n) is 5.28. The maximum absolute atomic E-state index is 12.7. The van der Waals surface area contributed by atoms with Crippen molar-refractivity contribution in [2.24, 2.45) is 11.8 Å². The summed E-state index contributed by atoms with van der Waals surface area (Å²) in [6, 6.07) is 7.13. The smallest absolute Gasteiger partial charge is 0.242 e. The molecule has 0 saturated heterocycles. The minimum atomic E-state index is -0.487. The summed E-state index contributed by atoms with van der Waals surface area (Å²) >= 11 is 1.68. The van der Waals surface area contributed by atoms with Crippen LogP contribution in [0.25, 0.3) is 0 Å². The van der Waals surface area contributed by atoms with E-state index in [0.29, 0.717) is 18.9 Å². The van der Waals surface area contributed by atoms with Crippen LogP contribution in [0.4, 0.5) is 0 Å². The maximum atomic E-state index is 12.7. The molecule has 1 aliphatic carbocycles. The average Bonchev–Trinajstić information content (AvgIpc) is 2.69. The van der Waals surface area contributed by atoms with Crippen molar-refractivity contribution in [2.45, 2.75) is 51.6 Å². The molecule has 1 atom stereocenters. The number of hydrogen-bond donors (Lipinski definition) is 2. The Labute approximate surface area is 167 Å². The van der Waals surface area contributed by atoms with E-state index in [9.17, 15) is 9.59 Å². The van der Waals surface area contributed by atoms with E-state index in [1.807, 2.05) is 30.5 Å². The number of hydrogen-bond acceptors (Lipinski definition) is 4. The van der Waals surface area contributed by atoms with Gasteiger partial charge in [-0.3, -0.25) is 9.59 Å². The van der Waals surface area contributed by atoms with Gasteiger partial charge in [-0.1, -0.05) is 25.1 Å². The molecule has 1 saturated carbocycles. The summed E-state index contributed by atoms with van der Waals surface area (Å²) in [6.45, 7) is 2.62. The van der Waals surface area contributed by atoms with Crippen molar-refractivity contribution in [1.82, 2.24) is 10.6 Å². The summed E-state index contributed by atoms with van der Waals surface area (Å²) in [5.41, 5.74) is 0.921. The predicted octanol–water partition coefficient (Wildman–Crippen LogP) is 3.38. The second kappa shape index (κ2) is 11.2. The van der Waals surface area contributed by atoms with Crippen molar-refractivity contribution in [3.63, 3.8) is 0 Å². The average molecular weight is 393 g/mol. The number of benzene rings is 1. The SMILES string of the molecule is COc1ccccc1CNC(=O)[C@H](CCSC)NC(=O)C1CCC(C)CC1. The number of ether oxygens (including phenoxy) is 1. The van der Waals surface area contributed by atoms with Gasteiger partial charge in [-0.05, 0) is 56.1 Å². The number of para-hydroxylation sites is 1. The normalized spacial score (nSPS) is 20.6. The zero-order chi connectivity index (χ0) is 19.6. The van der Waals surface area contributed by atoms with Crippen LogP contribution < -0.4 is 15.4 Å². The molecule has 150 valence electrons. The highest BCUT2D eigenvalue weighted by atomic mass is 32.2. The Morgan fingerprint density at radius 2 is 1.93 bits per heavy atom. The molecule has 1 aromatic rings. The van der Waals surface area contributed by atoms with E-state index in [4.69, 9.17) is 4.74 Å². The van der Waals surface area contributed by atoms with Crippen molar-refractivity contribution in [1.29, 1.82) is 0 Å². The van der Waals surface area contributed by atoms with Gasteiger partial charge < -0.3 is 15.4 Å². The van der Waals surface area contributed by atoms with E-state index in [2.05, 4.69) is 17.6 Å². The lowest BCUT2D eigenvalue weighted by molar-refractivity contribution is -0.132. The van der Waals surface area contributed by atoms with Gasteiger partial charge in [0.2, 0.25) is 11.8 Å². The van der Waals surface area contributed by atoms with E-state index < -0.39 is 6.04 Å². The quantitative estimate of drug-likeness (QED) is 0.676. The highest BCUT2D eigenvalue weighted by Gasteiger charge is 2.28. The summed E-state index contributed by atoms with van der Waals surface area (Å²) in [5, 5.41) is 5.96. The molecule has 2 rings (SSSR count). The first kappa shape index (κ1) is 21.6. The van der Waals surface area contributed by atoms with Crippen LogP contribution in [-0.2, 0) is 16.1 Å². The molecule has 1 aromatic carbocycles. The zero-order valence-electron chi connectivity index (χ0n) is 16.6. The van der Waals surface area contributed by atoms with E-state index in [1.54, 1.807) is 18.9 Å². The van der Waals surface area contributed by atoms with Crippen LogP contribution in [-0.4, -0.2) is 37.0 Å². The molecule has 0 heterocycles. The number of carbonyl (C=O) groups is 2. The summed E-state index contributed by atoms with van der Waals surface area (Å²) < 4.78 is 5.33. The highest BCUT2D eigenvalue weighted by Crippen LogP contribution is 2.28. The van der Waals surface area contributed by atoms with Gasteiger partial charge in [0, 0.05) is 18.0 Å². The first-order valence-corrected chi connectivity index (χ1v) is 11.1. The Bertz CT molecular complexity index is 615. The van der Waals surface area contributed by atoms with Gasteiger partial charge in [-0.2, -0.15) is 11.8 Å². The van der Waals surface area contributed by atoms with E-state index in [0.717, 1.165) is 42.7 Å². The Kier molecular flexibility index (Phi) is 8.98. The first-order valence-electron chi connectivity index (χ1n) is 9.74. The van der Waals surface area contributed by atoms with Crippen LogP contribution in [0.5, 0.6) is 5.75 Å². The topological polar surface area (TPSA) is 67.4 Å². The highest BCUT2D eigenvalue weighted by molar-refractivity contribution is 7.98. The number of thioether (sulfide) groups is 1. The van der Waals surface area contributed by atoms with Crippen molar-refractivity contribution >= 4 is 23.6 Å². The number of methoxy groups -OCH3 is 1. The Morgan fingerprint density at radius 1 is 1.22 bits per heavy atom. The number of carbonyl (C=O) groups excluding carboxylic acids is 2. The van der Waals surface area contributed by atoms with Crippen LogP contribution in [0.15, 0.2) is 24.3 Å². The lowest BCUT2D eigenvalue weighted by atomic mass is 9.82. The summed E-state index contributed by atoms with van der Waals surface area (Å²) in [5.74, 6) is 2.21. The lowest BCUT2D eigenvalue weighted by Crippen LogP contribution is -2.49. The molecular weight excluding hydrogens is 360 g/mol. The first-order chi connectivity index (χ1) is 13.0. The standard InChI is InChI=1S/C21H32N2O3S/c1-15-8-10-16(11-9-15)20(24)23-18(12-13-27-3)21(25)22-14-17-6-4-5-7-19(17)26-2/h4-7,15-16,18H,8-14H2,1-3H3,(H,22,25)(H,23,24)/t15?,16?,18-/m0/s1. The molecule has 6 heteroatoms. The molecular formula is C21H32N2O3S. The van der Waals surface area contributed by atoms with E-state index in [-0.39, 0.29) is 17.7 Å². The van der Waals surface area contributed by atoms with Crippen LogP contribution in [0, 0.1) is 11.8 Å². The Morgan fingerprint density at radius 3 is 2.59 bits per heavy atom. The predicted molar refractivity (Wildman–Crippen MR) is 111 cm³/mol. The van der Waals surface area contributed by atoms with Crippen LogP contribution in [0.1, 0.15) is 44.6 Å². The largest absolute Gasteiger partial charge is 0.496 e.